The monoisotopic (exact) mass is 421 g/mol. The van der Waals surface area contributed by atoms with Crippen LogP contribution < -0.4 is 10.1 Å². The van der Waals surface area contributed by atoms with E-state index in [4.69, 9.17) is 10.00 Å². The predicted octanol–water partition coefficient (Wildman–Crippen LogP) is 2.79. The van der Waals surface area contributed by atoms with Crippen molar-refractivity contribution in [2.75, 3.05) is 6.54 Å². The van der Waals surface area contributed by atoms with Gasteiger partial charge in [-0.1, -0.05) is 12.1 Å². The Morgan fingerprint density at radius 1 is 1.35 bits per heavy atom. The summed E-state index contributed by atoms with van der Waals surface area (Å²) in [6.07, 6.45) is 1.45. The largest absolute Gasteiger partial charge is 0.491 e. The van der Waals surface area contributed by atoms with Crippen molar-refractivity contribution in [3.63, 3.8) is 0 Å². The number of aryl methyl sites for hydroxylation is 2. The molecule has 0 saturated carbocycles. The zero-order valence-electron chi connectivity index (χ0n) is 18.2. The Morgan fingerprint density at radius 2 is 2.13 bits per heavy atom. The van der Waals surface area contributed by atoms with Crippen molar-refractivity contribution in [3.05, 3.63) is 58.5 Å². The summed E-state index contributed by atoms with van der Waals surface area (Å²) in [7, 11) is 0. The Bertz CT molecular complexity index is 1130. The van der Waals surface area contributed by atoms with Gasteiger partial charge in [-0.3, -0.25) is 4.79 Å². The van der Waals surface area contributed by atoms with Crippen molar-refractivity contribution in [2.24, 2.45) is 0 Å². The highest BCUT2D eigenvalue weighted by Gasteiger charge is 2.16. The van der Waals surface area contributed by atoms with E-state index in [9.17, 15) is 9.90 Å². The molecule has 8 nitrogen and oxygen atoms in total. The molecule has 8 heteroatoms. The predicted molar refractivity (Wildman–Crippen MR) is 116 cm³/mol. The first-order chi connectivity index (χ1) is 14.8. The topological polar surface area (TPSA) is 113 Å². The van der Waals surface area contributed by atoms with Gasteiger partial charge in [0.15, 0.2) is 5.65 Å². The van der Waals surface area contributed by atoms with E-state index in [0.29, 0.717) is 28.9 Å². The number of benzene rings is 1. The molecule has 31 heavy (non-hydrogen) atoms. The van der Waals surface area contributed by atoms with Crippen LogP contribution in [0.3, 0.4) is 0 Å². The molecule has 0 saturated heterocycles. The van der Waals surface area contributed by atoms with Gasteiger partial charge in [0.25, 0.3) is 0 Å². The molecule has 3 rings (SSSR count). The maximum absolute atomic E-state index is 12.4. The van der Waals surface area contributed by atoms with Gasteiger partial charge in [-0.05, 0) is 57.4 Å². The summed E-state index contributed by atoms with van der Waals surface area (Å²) in [6, 6.07) is 9.33. The molecule has 0 aliphatic heterocycles. The molecule has 1 unspecified atom stereocenters. The van der Waals surface area contributed by atoms with Crippen molar-refractivity contribution in [3.8, 4) is 11.8 Å². The second kappa shape index (κ2) is 9.58. The van der Waals surface area contributed by atoms with Crippen molar-refractivity contribution < 1.29 is 14.6 Å². The highest BCUT2D eigenvalue weighted by molar-refractivity contribution is 5.76. The summed E-state index contributed by atoms with van der Waals surface area (Å²) in [5.41, 5.74) is 4.20. The molecular weight excluding hydrogens is 394 g/mol. The number of hydrogen-bond acceptors (Lipinski definition) is 6. The van der Waals surface area contributed by atoms with Crippen LogP contribution in [0, 0.1) is 25.2 Å². The number of amides is 1. The molecule has 1 amide bonds. The van der Waals surface area contributed by atoms with Crippen molar-refractivity contribution in [1.82, 2.24) is 19.9 Å². The van der Waals surface area contributed by atoms with Crippen LogP contribution in [0.25, 0.3) is 5.65 Å². The lowest BCUT2D eigenvalue weighted by molar-refractivity contribution is -0.121. The third-order valence-electron chi connectivity index (χ3n) is 5.04. The molecule has 0 aliphatic carbocycles. The van der Waals surface area contributed by atoms with Gasteiger partial charge in [0, 0.05) is 24.4 Å². The first-order valence-corrected chi connectivity index (χ1v) is 10.3. The average Bonchev–Trinajstić information content (AvgIpc) is 3.14. The van der Waals surface area contributed by atoms with Crippen LogP contribution >= 0.6 is 0 Å². The highest BCUT2D eigenvalue weighted by Crippen LogP contribution is 2.21. The van der Waals surface area contributed by atoms with Crippen LogP contribution in [0.15, 0.2) is 30.5 Å². The van der Waals surface area contributed by atoms with Crippen LogP contribution in [-0.4, -0.2) is 38.3 Å². The lowest BCUT2D eigenvalue weighted by Crippen LogP contribution is -2.28. The number of aromatic nitrogens is 3. The van der Waals surface area contributed by atoms with Gasteiger partial charge in [0.2, 0.25) is 5.91 Å². The first kappa shape index (κ1) is 22.2. The van der Waals surface area contributed by atoms with Crippen LogP contribution in [0.4, 0.5) is 0 Å². The Balaban J connectivity index is 1.59. The van der Waals surface area contributed by atoms with E-state index in [0.717, 1.165) is 17.0 Å². The number of hydrogen-bond donors (Lipinski definition) is 2. The van der Waals surface area contributed by atoms with E-state index in [1.165, 1.54) is 6.20 Å². The Hall–Kier alpha value is -3.44. The standard InChI is InChI=1S/C23H27N5O3/c1-14(2)31-19-7-5-6-17(10-19)21(29)13-25-22(30)9-8-20-15(3)27-23-18(11-24)12-26-28(23)16(20)4/h5-7,10,12,14,21,29H,8-9,13H2,1-4H3,(H,25,30). The molecule has 0 fully saturated rings. The summed E-state index contributed by atoms with van der Waals surface area (Å²) in [5, 5.41) is 26.6. The maximum Gasteiger partial charge on any atom is 0.220 e. The van der Waals surface area contributed by atoms with Gasteiger partial charge in [-0.2, -0.15) is 10.4 Å². The van der Waals surface area contributed by atoms with E-state index in [1.54, 1.807) is 16.6 Å². The van der Waals surface area contributed by atoms with Gasteiger partial charge >= 0.3 is 0 Å². The zero-order chi connectivity index (χ0) is 22.5. The van der Waals surface area contributed by atoms with Crippen LogP contribution in [-0.2, 0) is 11.2 Å². The summed E-state index contributed by atoms with van der Waals surface area (Å²) in [4.78, 5) is 16.9. The van der Waals surface area contributed by atoms with Crippen molar-refractivity contribution in [1.29, 1.82) is 5.26 Å². The fourth-order valence-electron chi connectivity index (χ4n) is 3.47. The molecule has 2 heterocycles. The van der Waals surface area contributed by atoms with E-state index in [-0.39, 0.29) is 25.0 Å². The summed E-state index contributed by atoms with van der Waals surface area (Å²) < 4.78 is 7.28. The minimum absolute atomic E-state index is 0.0425. The number of fused-ring (bicyclic) bond motifs is 1. The fraction of sp³-hybridized carbons (Fsp3) is 0.391. The molecule has 2 aromatic heterocycles. The van der Waals surface area contributed by atoms with E-state index in [2.05, 4.69) is 21.5 Å². The van der Waals surface area contributed by atoms with Gasteiger partial charge in [-0.15, -0.1) is 0 Å². The number of ether oxygens (including phenoxy) is 1. The first-order valence-electron chi connectivity index (χ1n) is 10.3. The normalized spacial score (nSPS) is 12.0. The molecule has 3 aromatic rings. The number of nitrogens with zero attached hydrogens (tertiary/aromatic N) is 4. The Labute approximate surface area is 181 Å². The average molecular weight is 422 g/mol. The molecular formula is C23H27N5O3. The van der Waals surface area contributed by atoms with E-state index in [1.807, 2.05) is 39.8 Å². The molecule has 0 aliphatic rings. The highest BCUT2D eigenvalue weighted by atomic mass is 16.5. The minimum Gasteiger partial charge on any atom is -0.491 e. The molecule has 0 radical (unpaired) electrons. The number of aliphatic hydroxyl groups excluding tert-OH is 1. The third-order valence-corrected chi connectivity index (χ3v) is 5.04. The Morgan fingerprint density at radius 3 is 2.84 bits per heavy atom. The number of nitriles is 1. The van der Waals surface area contributed by atoms with Gasteiger partial charge in [-0.25, -0.2) is 9.50 Å². The lowest BCUT2D eigenvalue weighted by Gasteiger charge is -2.15. The van der Waals surface area contributed by atoms with Crippen LogP contribution in [0.1, 0.15) is 54.5 Å². The van der Waals surface area contributed by atoms with Crippen molar-refractivity contribution >= 4 is 11.6 Å². The number of nitrogens with one attached hydrogen (secondary N) is 1. The second-order valence-corrected chi connectivity index (χ2v) is 7.73. The molecule has 1 atom stereocenters. The molecule has 2 N–H and O–H groups in total. The Kier molecular flexibility index (Phi) is 6.88. The van der Waals surface area contributed by atoms with Crippen LogP contribution in [0.2, 0.25) is 0 Å². The van der Waals surface area contributed by atoms with Gasteiger partial charge in [0.05, 0.1) is 18.4 Å². The quantitative estimate of drug-likeness (QED) is 0.578. The third kappa shape index (κ3) is 5.19. The number of aliphatic hydroxyl groups is 1. The fourth-order valence-corrected chi connectivity index (χ4v) is 3.47. The molecule has 0 bridgehead atoms. The number of carbonyl (C=O) groups is 1. The number of carbonyl (C=O) groups excluding carboxylic acids is 1. The SMILES string of the molecule is Cc1nc2c(C#N)cnn2c(C)c1CCC(=O)NCC(O)c1cccc(OC(C)C)c1. The molecule has 0 spiro atoms. The maximum atomic E-state index is 12.4. The summed E-state index contributed by atoms with van der Waals surface area (Å²) in [5.74, 6) is 0.524. The second-order valence-electron chi connectivity index (χ2n) is 7.73. The molecule has 1 aromatic carbocycles. The zero-order valence-corrected chi connectivity index (χ0v) is 18.2. The van der Waals surface area contributed by atoms with Gasteiger partial charge in [0.1, 0.15) is 17.4 Å². The summed E-state index contributed by atoms with van der Waals surface area (Å²) in [6.45, 7) is 7.76. The van der Waals surface area contributed by atoms with Crippen molar-refractivity contribution in [2.45, 2.75) is 52.7 Å². The lowest BCUT2D eigenvalue weighted by atomic mass is 10.1. The van der Waals surface area contributed by atoms with Gasteiger partial charge < -0.3 is 15.2 Å². The number of rotatable bonds is 8. The van der Waals surface area contributed by atoms with Crippen LogP contribution in [0.5, 0.6) is 5.75 Å². The molecule has 162 valence electrons. The van der Waals surface area contributed by atoms with E-state index < -0.39 is 6.10 Å². The minimum atomic E-state index is -0.824. The smallest absolute Gasteiger partial charge is 0.220 e. The summed E-state index contributed by atoms with van der Waals surface area (Å²) >= 11 is 0. The van der Waals surface area contributed by atoms with E-state index >= 15 is 0 Å².